The van der Waals surface area contributed by atoms with Gasteiger partial charge in [-0.3, -0.25) is 0 Å². The molecule has 0 aliphatic carbocycles. The van der Waals surface area contributed by atoms with E-state index in [4.69, 9.17) is 10.2 Å². The minimum atomic E-state index is 0.581. The summed E-state index contributed by atoms with van der Waals surface area (Å²) in [6.07, 6.45) is 1.62. The first-order valence-electron chi connectivity index (χ1n) is 4.58. The summed E-state index contributed by atoms with van der Waals surface area (Å²) in [5.41, 5.74) is 5.40. The number of hydrogen-bond donors (Lipinski definition) is 1. The molecule has 6 heteroatoms. The van der Waals surface area contributed by atoms with Crippen molar-refractivity contribution in [2.45, 2.75) is 12.8 Å². The van der Waals surface area contributed by atoms with Gasteiger partial charge in [0.15, 0.2) is 0 Å². The predicted octanol–water partition coefficient (Wildman–Crippen LogP) is 2.45. The zero-order valence-corrected chi connectivity index (χ0v) is 10.3. The standard InChI is InChI=1S/C9H10BrN3OS/c10-7-4-3-6(15-7)9-13-12-8(14-9)2-1-5-11/h3-4H,1-2,5,11H2. The highest BCUT2D eigenvalue weighted by Crippen LogP contribution is 2.30. The minimum absolute atomic E-state index is 0.581. The molecule has 0 fully saturated rings. The van der Waals surface area contributed by atoms with Crippen molar-refractivity contribution >= 4 is 27.3 Å². The van der Waals surface area contributed by atoms with Gasteiger partial charge >= 0.3 is 0 Å². The summed E-state index contributed by atoms with van der Waals surface area (Å²) in [5, 5.41) is 7.94. The van der Waals surface area contributed by atoms with Crippen molar-refractivity contribution in [3.05, 3.63) is 21.8 Å². The summed E-state index contributed by atoms with van der Waals surface area (Å²) < 4.78 is 6.55. The van der Waals surface area contributed by atoms with Crippen LogP contribution in [-0.4, -0.2) is 16.7 Å². The van der Waals surface area contributed by atoms with E-state index in [0.717, 1.165) is 21.5 Å². The molecule has 0 radical (unpaired) electrons. The van der Waals surface area contributed by atoms with Gasteiger partial charge in [-0.25, -0.2) is 0 Å². The fourth-order valence-electron chi connectivity index (χ4n) is 1.14. The Hall–Kier alpha value is -0.720. The Labute approximate surface area is 99.6 Å². The number of halogens is 1. The zero-order valence-electron chi connectivity index (χ0n) is 7.94. The van der Waals surface area contributed by atoms with Crippen LogP contribution < -0.4 is 5.73 Å². The van der Waals surface area contributed by atoms with E-state index in [2.05, 4.69) is 26.1 Å². The molecular formula is C9H10BrN3OS. The van der Waals surface area contributed by atoms with E-state index >= 15 is 0 Å². The van der Waals surface area contributed by atoms with Gasteiger partial charge < -0.3 is 10.2 Å². The minimum Gasteiger partial charge on any atom is -0.420 e. The van der Waals surface area contributed by atoms with Gasteiger partial charge in [0.2, 0.25) is 5.89 Å². The van der Waals surface area contributed by atoms with Gasteiger partial charge in [-0.15, -0.1) is 21.5 Å². The van der Waals surface area contributed by atoms with Crippen LogP contribution >= 0.6 is 27.3 Å². The number of rotatable bonds is 4. The molecule has 0 bridgehead atoms. The molecule has 80 valence electrons. The van der Waals surface area contributed by atoms with Crippen LogP contribution in [0, 0.1) is 0 Å². The average molecular weight is 288 g/mol. The number of nitrogens with zero attached hydrogens (tertiary/aromatic N) is 2. The topological polar surface area (TPSA) is 64.9 Å². The highest BCUT2D eigenvalue weighted by Gasteiger charge is 2.09. The van der Waals surface area contributed by atoms with Crippen molar-refractivity contribution in [3.63, 3.8) is 0 Å². The van der Waals surface area contributed by atoms with Crippen molar-refractivity contribution in [2.75, 3.05) is 6.54 Å². The van der Waals surface area contributed by atoms with E-state index < -0.39 is 0 Å². The molecule has 2 aromatic rings. The molecule has 4 nitrogen and oxygen atoms in total. The van der Waals surface area contributed by atoms with Crippen molar-refractivity contribution in [2.24, 2.45) is 5.73 Å². The number of thiophene rings is 1. The van der Waals surface area contributed by atoms with E-state index in [0.29, 0.717) is 18.3 Å². The molecule has 0 unspecified atom stereocenters. The van der Waals surface area contributed by atoms with E-state index in [1.807, 2.05) is 12.1 Å². The Morgan fingerprint density at radius 1 is 1.40 bits per heavy atom. The third kappa shape index (κ3) is 2.64. The van der Waals surface area contributed by atoms with Gasteiger partial charge in [-0.05, 0) is 41.0 Å². The highest BCUT2D eigenvalue weighted by molar-refractivity contribution is 9.11. The molecule has 0 aliphatic heterocycles. The third-order valence-corrected chi connectivity index (χ3v) is 3.46. The van der Waals surface area contributed by atoms with E-state index in [-0.39, 0.29) is 0 Å². The predicted molar refractivity (Wildman–Crippen MR) is 62.7 cm³/mol. The number of aromatic nitrogens is 2. The smallest absolute Gasteiger partial charge is 0.257 e. The molecule has 0 saturated heterocycles. The molecule has 0 aliphatic rings. The first-order valence-corrected chi connectivity index (χ1v) is 6.18. The molecule has 0 saturated carbocycles. The van der Waals surface area contributed by atoms with E-state index in [1.165, 1.54) is 0 Å². The Bertz CT molecular complexity index is 440. The second-order valence-electron chi connectivity index (χ2n) is 3.00. The molecule has 2 rings (SSSR count). The zero-order chi connectivity index (χ0) is 10.7. The highest BCUT2D eigenvalue weighted by atomic mass is 79.9. The lowest BCUT2D eigenvalue weighted by molar-refractivity contribution is 0.500. The van der Waals surface area contributed by atoms with Crippen molar-refractivity contribution in [1.82, 2.24) is 10.2 Å². The Morgan fingerprint density at radius 3 is 2.93 bits per heavy atom. The first kappa shape index (κ1) is 10.8. The lowest BCUT2D eigenvalue weighted by Gasteiger charge is -1.89. The van der Waals surface area contributed by atoms with E-state index in [1.54, 1.807) is 11.3 Å². The Kier molecular flexibility index (Phi) is 3.50. The number of aryl methyl sites for hydroxylation is 1. The SMILES string of the molecule is NCCCc1nnc(-c2ccc(Br)s2)o1. The third-order valence-electron chi connectivity index (χ3n) is 1.85. The number of nitrogens with two attached hydrogens (primary N) is 1. The molecule has 2 aromatic heterocycles. The van der Waals surface area contributed by atoms with Crippen molar-refractivity contribution in [1.29, 1.82) is 0 Å². The van der Waals surface area contributed by atoms with Gasteiger partial charge in [-0.1, -0.05) is 0 Å². The molecule has 2 N–H and O–H groups in total. The summed E-state index contributed by atoms with van der Waals surface area (Å²) >= 11 is 4.96. The van der Waals surface area contributed by atoms with Crippen LogP contribution in [0.2, 0.25) is 0 Å². The van der Waals surface area contributed by atoms with Gasteiger partial charge in [0.1, 0.15) is 0 Å². The van der Waals surface area contributed by atoms with Crippen molar-refractivity contribution in [3.8, 4) is 10.8 Å². The summed E-state index contributed by atoms with van der Waals surface area (Å²) in [5.74, 6) is 1.23. The number of hydrogen-bond acceptors (Lipinski definition) is 5. The average Bonchev–Trinajstić information content (AvgIpc) is 2.83. The molecule has 15 heavy (non-hydrogen) atoms. The summed E-state index contributed by atoms with van der Waals surface area (Å²) in [6.45, 7) is 0.641. The fourth-order valence-corrected chi connectivity index (χ4v) is 2.44. The van der Waals surface area contributed by atoms with Crippen molar-refractivity contribution < 1.29 is 4.42 Å². The van der Waals surface area contributed by atoms with Crippen LogP contribution in [0.4, 0.5) is 0 Å². The molecule has 2 heterocycles. The lowest BCUT2D eigenvalue weighted by Crippen LogP contribution is -2.00. The maximum atomic E-state index is 5.50. The van der Waals surface area contributed by atoms with Crippen LogP contribution in [0.3, 0.4) is 0 Å². The van der Waals surface area contributed by atoms with Gasteiger partial charge in [0.05, 0.1) is 8.66 Å². The molecule has 0 atom stereocenters. The Morgan fingerprint density at radius 2 is 2.27 bits per heavy atom. The van der Waals surface area contributed by atoms with Gasteiger partial charge in [0, 0.05) is 6.42 Å². The fraction of sp³-hybridized carbons (Fsp3) is 0.333. The van der Waals surface area contributed by atoms with Crippen LogP contribution in [-0.2, 0) is 6.42 Å². The molecule has 0 aromatic carbocycles. The first-order chi connectivity index (χ1) is 7.29. The van der Waals surface area contributed by atoms with E-state index in [9.17, 15) is 0 Å². The second-order valence-corrected chi connectivity index (χ2v) is 5.46. The van der Waals surface area contributed by atoms with Crippen LogP contribution in [0.5, 0.6) is 0 Å². The lowest BCUT2D eigenvalue weighted by atomic mass is 10.3. The van der Waals surface area contributed by atoms with Gasteiger partial charge in [-0.2, -0.15) is 0 Å². The second kappa shape index (κ2) is 4.87. The van der Waals surface area contributed by atoms with Crippen LogP contribution in [0.25, 0.3) is 10.8 Å². The maximum Gasteiger partial charge on any atom is 0.257 e. The summed E-state index contributed by atoms with van der Waals surface area (Å²) in [6, 6.07) is 3.92. The monoisotopic (exact) mass is 287 g/mol. The Balaban J connectivity index is 2.13. The molecule has 0 spiro atoms. The summed E-state index contributed by atoms with van der Waals surface area (Å²) in [4.78, 5) is 0.980. The molecular weight excluding hydrogens is 278 g/mol. The summed E-state index contributed by atoms with van der Waals surface area (Å²) in [7, 11) is 0. The van der Waals surface area contributed by atoms with Crippen LogP contribution in [0.1, 0.15) is 12.3 Å². The normalized spacial score (nSPS) is 10.8. The van der Waals surface area contributed by atoms with Crippen LogP contribution in [0.15, 0.2) is 20.3 Å². The van der Waals surface area contributed by atoms with Gasteiger partial charge in [0.25, 0.3) is 5.89 Å². The maximum absolute atomic E-state index is 5.50. The quantitative estimate of drug-likeness (QED) is 0.938. The largest absolute Gasteiger partial charge is 0.420 e. The molecule has 0 amide bonds.